The largest absolute Gasteiger partial charge is 0.433 e. The van der Waals surface area contributed by atoms with Gasteiger partial charge in [0.25, 0.3) is 0 Å². The number of benzene rings is 1. The van der Waals surface area contributed by atoms with Crippen molar-refractivity contribution in [3.05, 3.63) is 28.8 Å². The molecule has 0 aliphatic rings. The quantitative estimate of drug-likeness (QED) is 0.844. The van der Waals surface area contributed by atoms with Crippen molar-refractivity contribution >= 4 is 11.6 Å². The van der Waals surface area contributed by atoms with E-state index in [0.29, 0.717) is 6.54 Å². The molecule has 0 spiro atoms. The second-order valence-corrected chi connectivity index (χ2v) is 3.08. The Balaban J connectivity index is 2.79. The molecule has 1 aromatic rings. The van der Waals surface area contributed by atoms with Crippen LogP contribution >= 0.6 is 11.6 Å². The van der Waals surface area contributed by atoms with E-state index in [2.05, 4.69) is 10.1 Å². The molecular formula is C9H10ClF2NO. The Morgan fingerprint density at radius 3 is 2.71 bits per heavy atom. The highest BCUT2D eigenvalue weighted by molar-refractivity contribution is 6.32. The molecule has 0 amide bonds. The lowest BCUT2D eigenvalue weighted by Gasteiger charge is -2.07. The third-order valence-electron chi connectivity index (χ3n) is 1.59. The van der Waals surface area contributed by atoms with Gasteiger partial charge in [-0.2, -0.15) is 8.78 Å². The zero-order valence-electron chi connectivity index (χ0n) is 7.56. The van der Waals surface area contributed by atoms with Crippen molar-refractivity contribution in [2.75, 3.05) is 7.05 Å². The summed E-state index contributed by atoms with van der Waals surface area (Å²) in [6.07, 6.45) is 0. The molecule has 1 N–H and O–H groups in total. The van der Waals surface area contributed by atoms with Gasteiger partial charge in [0, 0.05) is 6.54 Å². The normalized spacial score (nSPS) is 10.6. The summed E-state index contributed by atoms with van der Waals surface area (Å²) in [7, 11) is 1.79. The van der Waals surface area contributed by atoms with Gasteiger partial charge < -0.3 is 10.1 Å². The minimum Gasteiger partial charge on any atom is -0.433 e. The number of ether oxygens (including phenoxy) is 1. The molecule has 0 saturated carbocycles. The first-order chi connectivity index (χ1) is 6.63. The van der Waals surface area contributed by atoms with Crippen LogP contribution in [0, 0.1) is 0 Å². The summed E-state index contributed by atoms with van der Waals surface area (Å²) in [6, 6.07) is 4.71. The molecule has 0 fully saturated rings. The molecule has 0 atom stereocenters. The maximum absolute atomic E-state index is 11.9. The standard InChI is InChI=1S/C9H10ClF2NO/c1-13-5-6-2-3-8(7(10)4-6)14-9(11)12/h2-4,9,13H,5H2,1H3. The van der Waals surface area contributed by atoms with E-state index >= 15 is 0 Å². The SMILES string of the molecule is CNCc1ccc(OC(F)F)c(Cl)c1. The molecule has 0 aliphatic carbocycles. The van der Waals surface area contributed by atoms with Gasteiger partial charge in [-0.3, -0.25) is 0 Å². The Kier molecular flexibility index (Phi) is 4.10. The van der Waals surface area contributed by atoms with E-state index in [1.54, 1.807) is 19.2 Å². The number of halogens is 3. The van der Waals surface area contributed by atoms with Gasteiger partial charge in [-0.25, -0.2) is 0 Å². The molecule has 0 aliphatic heterocycles. The van der Waals surface area contributed by atoms with Gasteiger partial charge in [0.2, 0.25) is 0 Å². The van der Waals surface area contributed by atoms with Gasteiger partial charge >= 0.3 is 6.61 Å². The summed E-state index contributed by atoms with van der Waals surface area (Å²) < 4.78 is 27.9. The Hall–Kier alpha value is -0.870. The van der Waals surface area contributed by atoms with Gasteiger partial charge in [-0.05, 0) is 24.7 Å². The molecule has 0 radical (unpaired) electrons. The number of alkyl halides is 2. The zero-order valence-corrected chi connectivity index (χ0v) is 8.31. The Morgan fingerprint density at radius 1 is 1.50 bits per heavy atom. The lowest BCUT2D eigenvalue weighted by Crippen LogP contribution is -2.06. The maximum Gasteiger partial charge on any atom is 0.387 e. The topological polar surface area (TPSA) is 21.3 Å². The number of hydrogen-bond donors (Lipinski definition) is 1. The van der Waals surface area contributed by atoms with E-state index in [0.717, 1.165) is 5.56 Å². The minimum atomic E-state index is -2.84. The molecule has 2 nitrogen and oxygen atoms in total. The van der Waals surface area contributed by atoms with Gasteiger partial charge in [0.1, 0.15) is 5.75 Å². The van der Waals surface area contributed by atoms with Crippen molar-refractivity contribution in [1.82, 2.24) is 5.32 Å². The van der Waals surface area contributed by atoms with Crippen LogP contribution in [-0.2, 0) is 6.54 Å². The summed E-state index contributed by atoms with van der Waals surface area (Å²) in [5.41, 5.74) is 0.916. The first-order valence-electron chi connectivity index (χ1n) is 4.01. The highest BCUT2D eigenvalue weighted by Gasteiger charge is 2.08. The van der Waals surface area contributed by atoms with E-state index in [9.17, 15) is 8.78 Å². The molecule has 5 heteroatoms. The second kappa shape index (κ2) is 5.12. The lowest BCUT2D eigenvalue weighted by molar-refractivity contribution is -0.0497. The highest BCUT2D eigenvalue weighted by Crippen LogP contribution is 2.26. The molecule has 0 bridgehead atoms. The predicted molar refractivity (Wildman–Crippen MR) is 50.8 cm³/mol. The van der Waals surface area contributed by atoms with Gasteiger partial charge in [0.15, 0.2) is 0 Å². The number of hydrogen-bond acceptors (Lipinski definition) is 2. The molecule has 0 unspecified atom stereocenters. The fraction of sp³-hybridized carbons (Fsp3) is 0.333. The van der Waals surface area contributed by atoms with Crippen LogP contribution < -0.4 is 10.1 Å². The van der Waals surface area contributed by atoms with Crippen LogP contribution in [0.3, 0.4) is 0 Å². The van der Waals surface area contributed by atoms with Crippen LogP contribution in [0.4, 0.5) is 8.78 Å². The molecule has 1 rings (SSSR count). The molecule has 0 heterocycles. The van der Waals surface area contributed by atoms with Gasteiger partial charge in [-0.1, -0.05) is 17.7 Å². The summed E-state index contributed by atoms with van der Waals surface area (Å²) in [5.74, 6) is 0.00141. The van der Waals surface area contributed by atoms with Crippen molar-refractivity contribution < 1.29 is 13.5 Å². The Morgan fingerprint density at radius 2 is 2.21 bits per heavy atom. The first kappa shape index (κ1) is 11.2. The van der Waals surface area contributed by atoms with Crippen molar-refractivity contribution in [1.29, 1.82) is 0 Å². The molecule has 0 saturated heterocycles. The fourth-order valence-corrected chi connectivity index (χ4v) is 1.30. The molecule has 14 heavy (non-hydrogen) atoms. The third kappa shape index (κ3) is 3.12. The molecule has 0 aromatic heterocycles. The van der Waals surface area contributed by atoms with Crippen LogP contribution in [0.25, 0.3) is 0 Å². The van der Waals surface area contributed by atoms with Crippen molar-refractivity contribution in [3.8, 4) is 5.75 Å². The first-order valence-corrected chi connectivity index (χ1v) is 4.39. The summed E-state index contributed by atoms with van der Waals surface area (Å²) >= 11 is 5.72. The number of nitrogens with one attached hydrogen (secondary N) is 1. The van der Waals surface area contributed by atoms with E-state index < -0.39 is 6.61 Å². The fourth-order valence-electron chi connectivity index (χ4n) is 1.05. The minimum absolute atomic E-state index is 0.00141. The van der Waals surface area contributed by atoms with Crippen LogP contribution in [0.1, 0.15) is 5.56 Å². The van der Waals surface area contributed by atoms with Crippen LogP contribution in [0.2, 0.25) is 5.02 Å². The van der Waals surface area contributed by atoms with Crippen LogP contribution in [-0.4, -0.2) is 13.7 Å². The van der Waals surface area contributed by atoms with E-state index in [1.165, 1.54) is 6.07 Å². The molecule has 1 aromatic carbocycles. The second-order valence-electron chi connectivity index (χ2n) is 2.67. The summed E-state index contributed by atoms with van der Waals surface area (Å²) in [6.45, 7) is -2.21. The Labute approximate surface area is 85.8 Å². The molecule has 78 valence electrons. The van der Waals surface area contributed by atoms with Crippen LogP contribution in [0.15, 0.2) is 18.2 Å². The van der Waals surface area contributed by atoms with Crippen molar-refractivity contribution in [3.63, 3.8) is 0 Å². The van der Waals surface area contributed by atoms with Crippen molar-refractivity contribution in [2.45, 2.75) is 13.2 Å². The Bertz CT molecular complexity index is 307. The van der Waals surface area contributed by atoms with E-state index in [4.69, 9.17) is 11.6 Å². The number of rotatable bonds is 4. The monoisotopic (exact) mass is 221 g/mol. The average Bonchev–Trinajstić information content (AvgIpc) is 2.10. The van der Waals surface area contributed by atoms with Crippen molar-refractivity contribution in [2.24, 2.45) is 0 Å². The highest BCUT2D eigenvalue weighted by atomic mass is 35.5. The average molecular weight is 222 g/mol. The van der Waals surface area contributed by atoms with E-state index in [-0.39, 0.29) is 10.8 Å². The predicted octanol–water partition coefficient (Wildman–Crippen LogP) is 2.66. The zero-order chi connectivity index (χ0) is 10.6. The summed E-state index contributed by atoms with van der Waals surface area (Å²) in [4.78, 5) is 0. The smallest absolute Gasteiger partial charge is 0.387 e. The lowest BCUT2D eigenvalue weighted by atomic mass is 10.2. The molecular weight excluding hydrogens is 212 g/mol. The maximum atomic E-state index is 11.9. The van der Waals surface area contributed by atoms with Gasteiger partial charge in [-0.15, -0.1) is 0 Å². The van der Waals surface area contributed by atoms with E-state index in [1.807, 2.05) is 0 Å². The van der Waals surface area contributed by atoms with Crippen LogP contribution in [0.5, 0.6) is 5.75 Å². The third-order valence-corrected chi connectivity index (χ3v) is 1.89. The summed E-state index contributed by atoms with van der Waals surface area (Å²) in [5, 5.41) is 3.12. The van der Waals surface area contributed by atoms with Gasteiger partial charge in [0.05, 0.1) is 5.02 Å².